The monoisotopic (exact) mass is 346 g/mol. The topological polar surface area (TPSA) is 58.2 Å². The normalized spacial score (nSPS) is 13.0. The Morgan fingerprint density at radius 2 is 1.27 bits per heavy atom. The summed E-state index contributed by atoms with van der Waals surface area (Å²) in [4.78, 5) is 25.7. The second kappa shape index (κ2) is 7.83. The van der Waals surface area contributed by atoms with Crippen LogP contribution in [0.15, 0.2) is 72.8 Å². The molecule has 4 heteroatoms. The summed E-state index contributed by atoms with van der Waals surface area (Å²) < 4.78 is 0. The van der Waals surface area contributed by atoms with Gasteiger partial charge in [-0.25, -0.2) is 0 Å². The molecule has 2 amide bonds. The molecule has 0 aliphatic carbocycles. The number of fused-ring (bicyclic) bond motifs is 1. The van der Waals surface area contributed by atoms with Gasteiger partial charge in [0, 0.05) is 14.1 Å². The summed E-state index contributed by atoms with van der Waals surface area (Å²) in [5, 5.41) is 7.48. The van der Waals surface area contributed by atoms with Crippen LogP contribution in [0.2, 0.25) is 0 Å². The fourth-order valence-electron chi connectivity index (χ4n) is 3.46. The standard InChI is InChI=1S/C22H22N2O2/c1-23-21(25)19(16-10-4-3-5-11-16)20(22(26)24-2)18-14-8-12-15-9-6-7-13-17(15)18/h3-14,19-20H,1-2H3,(H,23,25)(H,24,26)/t19-,20+/m1/s1. The summed E-state index contributed by atoms with van der Waals surface area (Å²) in [5.74, 6) is -1.61. The minimum absolute atomic E-state index is 0.182. The lowest BCUT2D eigenvalue weighted by molar-refractivity contribution is -0.128. The van der Waals surface area contributed by atoms with E-state index in [1.165, 1.54) is 0 Å². The minimum Gasteiger partial charge on any atom is -0.359 e. The largest absolute Gasteiger partial charge is 0.359 e. The SMILES string of the molecule is CNC(=O)[C@H](c1ccccc1)[C@@H](C(=O)NC)c1cccc2ccccc12. The molecule has 26 heavy (non-hydrogen) atoms. The number of hydrogen-bond acceptors (Lipinski definition) is 2. The van der Waals surface area contributed by atoms with Gasteiger partial charge in [-0.05, 0) is 21.9 Å². The molecular weight excluding hydrogens is 324 g/mol. The van der Waals surface area contributed by atoms with Gasteiger partial charge in [-0.2, -0.15) is 0 Å². The number of nitrogens with one attached hydrogen (secondary N) is 2. The zero-order chi connectivity index (χ0) is 18.5. The zero-order valence-corrected chi connectivity index (χ0v) is 14.9. The molecule has 0 spiro atoms. The second-order valence-electron chi connectivity index (χ2n) is 6.16. The molecule has 0 fully saturated rings. The summed E-state index contributed by atoms with van der Waals surface area (Å²) in [6, 6.07) is 23.2. The molecule has 0 unspecified atom stereocenters. The van der Waals surface area contributed by atoms with Gasteiger partial charge in [0.15, 0.2) is 0 Å². The van der Waals surface area contributed by atoms with Gasteiger partial charge in [0.25, 0.3) is 0 Å². The lowest BCUT2D eigenvalue weighted by atomic mass is 9.78. The third-order valence-corrected chi connectivity index (χ3v) is 4.71. The van der Waals surface area contributed by atoms with Crippen molar-refractivity contribution in [2.75, 3.05) is 14.1 Å². The van der Waals surface area contributed by atoms with Gasteiger partial charge in [-0.1, -0.05) is 72.8 Å². The Labute approximate surface area is 153 Å². The van der Waals surface area contributed by atoms with E-state index in [0.717, 1.165) is 21.9 Å². The molecule has 0 saturated carbocycles. The molecular formula is C22H22N2O2. The number of hydrogen-bond donors (Lipinski definition) is 2. The van der Waals surface area contributed by atoms with E-state index in [9.17, 15) is 9.59 Å². The predicted molar refractivity (Wildman–Crippen MR) is 104 cm³/mol. The van der Waals surface area contributed by atoms with Crippen LogP contribution in [-0.2, 0) is 9.59 Å². The number of amides is 2. The van der Waals surface area contributed by atoms with Crippen LogP contribution in [0.25, 0.3) is 10.8 Å². The van der Waals surface area contributed by atoms with Gasteiger partial charge in [-0.15, -0.1) is 0 Å². The van der Waals surface area contributed by atoms with Crippen molar-refractivity contribution in [2.24, 2.45) is 0 Å². The molecule has 3 aromatic carbocycles. The summed E-state index contributed by atoms with van der Waals surface area (Å²) in [7, 11) is 3.20. The van der Waals surface area contributed by atoms with Gasteiger partial charge < -0.3 is 10.6 Å². The highest BCUT2D eigenvalue weighted by Gasteiger charge is 2.36. The molecule has 0 heterocycles. The Kier molecular flexibility index (Phi) is 5.32. The molecule has 2 atom stereocenters. The number of likely N-dealkylation sites (N-methyl/N-ethyl adjacent to an activating group) is 2. The number of carbonyl (C=O) groups is 2. The highest BCUT2D eigenvalue weighted by molar-refractivity contribution is 5.98. The summed E-state index contributed by atoms with van der Waals surface area (Å²) in [5.41, 5.74) is 1.66. The first kappa shape index (κ1) is 17.7. The Balaban J connectivity index is 2.24. The van der Waals surface area contributed by atoms with E-state index >= 15 is 0 Å². The Bertz CT molecular complexity index is 916. The van der Waals surface area contributed by atoms with Crippen molar-refractivity contribution in [1.29, 1.82) is 0 Å². The van der Waals surface area contributed by atoms with Gasteiger partial charge in [0.05, 0.1) is 11.8 Å². The summed E-state index contributed by atoms with van der Waals surface area (Å²) in [6.45, 7) is 0. The van der Waals surface area contributed by atoms with Gasteiger partial charge in [-0.3, -0.25) is 9.59 Å². The van der Waals surface area contributed by atoms with Crippen LogP contribution in [0.1, 0.15) is 23.0 Å². The van der Waals surface area contributed by atoms with E-state index in [2.05, 4.69) is 10.6 Å². The maximum absolute atomic E-state index is 12.9. The first-order chi connectivity index (χ1) is 12.7. The molecule has 0 aromatic heterocycles. The smallest absolute Gasteiger partial charge is 0.228 e. The third-order valence-electron chi connectivity index (χ3n) is 4.71. The lowest BCUT2D eigenvalue weighted by Gasteiger charge is -2.26. The van der Waals surface area contributed by atoms with Crippen LogP contribution < -0.4 is 10.6 Å². The van der Waals surface area contributed by atoms with Crippen LogP contribution in [0.3, 0.4) is 0 Å². The van der Waals surface area contributed by atoms with E-state index < -0.39 is 11.8 Å². The molecule has 4 nitrogen and oxygen atoms in total. The molecule has 0 aliphatic rings. The molecule has 132 valence electrons. The Morgan fingerprint density at radius 3 is 1.96 bits per heavy atom. The van der Waals surface area contributed by atoms with E-state index in [1.54, 1.807) is 14.1 Å². The first-order valence-corrected chi connectivity index (χ1v) is 8.63. The molecule has 0 saturated heterocycles. The van der Waals surface area contributed by atoms with Crippen molar-refractivity contribution >= 4 is 22.6 Å². The van der Waals surface area contributed by atoms with Crippen LogP contribution in [0.5, 0.6) is 0 Å². The Hall–Kier alpha value is -3.14. The maximum Gasteiger partial charge on any atom is 0.228 e. The summed E-state index contributed by atoms with van der Waals surface area (Å²) >= 11 is 0. The van der Waals surface area contributed by atoms with Crippen molar-refractivity contribution in [3.63, 3.8) is 0 Å². The van der Waals surface area contributed by atoms with Crippen LogP contribution >= 0.6 is 0 Å². The van der Waals surface area contributed by atoms with Gasteiger partial charge in [0.1, 0.15) is 0 Å². The molecule has 3 rings (SSSR count). The van der Waals surface area contributed by atoms with Crippen LogP contribution in [0, 0.1) is 0 Å². The number of benzene rings is 3. The van der Waals surface area contributed by atoms with E-state index in [1.807, 2.05) is 72.8 Å². The Morgan fingerprint density at radius 1 is 0.692 bits per heavy atom. The molecule has 0 radical (unpaired) electrons. The molecule has 3 aromatic rings. The van der Waals surface area contributed by atoms with E-state index in [4.69, 9.17) is 0 Å². The maximum atomic E-state index is 12.9. The first-order valence-electron chi connectivity index (χ1n) is 8.63. The van der Waals surface area contributed by atoms with Crippen molar-refractivity contribution in [1.82, 2.24) is 10.6 Å². The van der Waals surface area contributed by atoms with Gasteiger partial charge >= 0.3 is 0 Å². The highest BCUT2D eigenvalue weighted by atomic mass is 16.2. The fraction of sp³-hybridized carbons (Fsp3) is 0.182. The van der Waals surface area contributed by atoms with Crippen LogP contribution in [0.4, 0.5) is 0 Å². The van der Waals surface area contributed by atoms with Gasteiger partial charge in [0.2, 0.25) is 11.8 Å². The van der Waals surface area contributed by atoms with Crippen molar-refractivity contribution < 1.29 is 9.59 Å². The fourth-order valence-corrected chi connectivity index (χ4v) is 3.46. The average molecular weight is 346 g/mol. The molecule has 0 aliphatic heterocycles. The minimum atomic E-state index is -0.631. The number of rotatable bonds is 5. The van der Waals surface area contributed by atoms with Crippen molar-refractivity contribution in [3.05, 3.63) is 83.9 Å². The number of carbonyl (C=O) groups excluding carboxylic acids is 2. The third kappa shape index (κ3) is 3.31. The second-order valence-corrected chi connectivity index (χ2v) is 6.16. The zero-order valence-electron chi connectivity index (χ0n) is 14.9. The lowest BCUT2D eigenvalue weighted by Crippen LogP contribution is -2.37. The molecule has 2 N–H and O–H groups in total. The van der Waals surface area contributed by atoms with E-state index in [0.29, 0.717) is 0 Å². The van der Waals surface area contributed by atoms with Crippen LogP contribution in [-0.4, -0.2) is 25.9 Å². The predicted octanol–water partition coefficient (Wildman–Crippen LogP) is 3.20. The van der Waals surface area contributed by atoms with E-state index in [-0.39, 0.29) is 11.8 Å². The van der Waals surface area contributed by atoms with Crippen molar-refractivity contribution in [2.45, 2.75) is 11.8 Å². The quantitative estimate of drug-likeness (QED) is 0.745. The van der Waals surface area contributed by atoms with Crippen molar-refractivity contribution in [3.8, 4) is 0 Å². The summed E-state index contributed by atoms with van der Waals surface area (Å²) in [6.07, 6.45) is 0. The molecule has 0 bridgehead atoms. The highest BCUT2D eigenvalue weighted by Crippen LogP contribution is 2.37. The average Bonchev–Trinajstić information content (AvgIpc) is 2.71.